The molecule has 1 aliphatic rings. The van der Waals surface area contributed by atoms with Gasteiger partial charge in [0.05, 0.1) is 6.54 Å². The molecule has 0 aliphatic carbocycles. The van der Waals surface area contributed by atoms with Crippen LogP contribution in [0.3, 0.4) is 0 Å². The standard InChI is InChI=1S/C16H29N3S/c1-11(2)13-8-17-14(16(4,5)6)9-19(13)10-15-18-7-12(3)20-15/h7,11,13-14,17H,8-10H2,1-6H3. The number of piperazine rings is 1. The third-order valence-corrected chi connectivity index (χ3v) is 5.18. The van der Waals surface area contributed by atoms with Gasteiger partial charge in [-0.15, -0.1) is 11.3 Å². The molecule has 2 rings (SSSR count). The van der Waals surface area contributed by atoms with E-state index < -0.39 is 0 Å². The fourth-order valence-electron chi connectivity index (χ4n) is 2.89. The van der Waals surface area contributed by atoms with Crippen LogP contribution < -0.4 is 5.32 Å². The normalized spacial score (nSPS) is 25.4. The van der Waals surface area contributed by atoms with E-state index in [1.54, 1.807) is 0 Å². The van der Waals surface area contributed by atoms with Crippen molar-refractivity contribution >= 4 is 11.3 Å². The summed E-state index contributed by atoms with van der Waals surface area (Å²) in [4.78, 5) is 8.49. The summed E-state index contributed by atoms with van der Waals surface area (Å²) in [6.07, 6.45) is 1.99. The molecule has 1 aromatic rings. The van der Waals surface area contributed by atoms with E-state index in [1.807, 2.05) is 17.5 Å². The van der Waals surface area contributed by atoms with E-state index in [1.165, 1.54) is 9.88 Å². The second kappa shape index (κ2) is 6.12. The molecule has 0 bridgehead atoms. The Labute approximate surface area is 127 Å². The zero-order valence-electron chi connectivity index (χ0n) is 13.7. The third kappa shape index (κ3) is 3.80. The smallest absolute Gasteiger partial charge is 0.107 e. The van der Waals surface area contributed by atoms with Crippen molar-refractivity contribution in [3.63, 3.8) is 0 Å². The lowest BCUT2D eigenvalue weighted by atomic mass is 9.83. The highest BCUT2D eigenvalue weighted by Gasteiger charge is 2.35. The van der Waals surface area contributed by atoms with E-state index >= 15 is 0 Å². The van der Waals surface area contributed by atoms with Gasteiger partial charge in [-0.1, -0.05) is 34.6 Å². The zero-order chi connectivity index (χ0) is 14.9. The number of aryl methyl sites for hydroxylation is 1. The Kier molecular flexibility index (Phi) is 4.88. The predicted molar refractivity (Wildman–Crippen MR) is 87.1 cm³/mol. The van der Waals surface area contributed by atoms with Crippen molar-refractivity contribution in [1.82, 2.24) is 15.2 Å². The summed E-state index contributed by atoms with van der Waals surface area (Å²) in [5, 5.41) is 5.01. The number of hydrogen-bond donors (Lipinski definition) is 1. The Morgan fingerprint density at radius 3 is 2.65 bits per heavy atom. The number of aromatic nitrogens is 1. The minimum Gasteiger partial charge on any atom is -0.311 e. The van der Waals surface area contributed by atoms with E-state index in [0.29, 0.717) is 23.4 Å². The van der Waals surface area contributed by atoms with Crippen LogP contribution in [0.15, 0.2) is 6.20 Å². The predicted octanol–water partition coefficient (Wildman–Crippen LogP) is 3.30. The first-order chi connectivity index (χ1) is 9.27. The van der Waals surface area contributed by atoms with Gasteiger partial charge in [0.1, 0.15) is 5.01 Å². The van der Waals surface area contributed by atoms with E-state index in [2.05, 4.69) is 56.7 Å². The summed E-state index contributed by atoms with van der Waals surface area (Å²) in [5.41, 5.74) is 0.305. The van der Waals surface area contributed by atoms with Gasteiger partial charge in [0.15, 0.2) is 0 Å². The van der Waals surface area contributed by atoms with Crippen molar-refractivity contribution in [2.45, 2.75) is 60.2 Å². The number of thiazole rings is 1. The lowest BCUT2D eigenvalue weighted by Crippen LogP contribution is -2.61. The molecule has 1 fully saturated rings. The van der Waals surface area contributed by atoms with Crippen LogP contribution in [0.5, 0.6) is 0 Å². The highest BCUT2D eigenvalue weighted by atomic mass is 32.1. The van der Waals surface area contributed by atoms with Crippen molar-refractivity contribution < 1.29 is 0 Å². The maximum Gasteiger partial charge on any atom is 0.107 e. The van der Waals surface area contributed by atoms with Gasteiger partial charge < -0.3 is 5.32 Å². The van der Waals surface area contributed by atoms with Crippen LogP contribution in [0, 0.1) is 18.3 Å². The average molecular weight is 295 g/mol. The first kappa shape index (κ1) is 15.9. The summed E-state index contributed by atoms with van der Waals surface area (Å²) in [5.74, 6) is 0.671. The van der Waals surface area contributed by atoms with Crippen molar-refractivity contribution in [1.29, 1.82) is 0 Å². The molecule has 0 amide bonds. The van der Waals surface area contributed by atoms with Crippen LogP contribution in [0.25, 0.3) is 0 Å². The fourth-order valence-corrected chi connectivity index (χ4v) is 3.71. The number of hydrogen-bond acceptors (Lipinski definition) is 4. The summed E-state index contributed by atoms with van der Waals surface area (Å²) in [7, 11) is 0. The van der Waals surface area contributed by atoms with Gasteiger partial charge in [0, 0.05) is 36.2 Å². The molecule has 3 nitrogen and oxygen atoms in total. The van der Waals surface area contributed by atoms with Crippen LogP contribution in [0.4, 0.5) is 0 Å². The lowest BCUT2D eigenvalue weighted by molar-refractivity contribution is 0.0572. The summed E-state index contributed by atoms with van der Waals surface area (Å²) < 4.78 is 0. The van der Waals surface area contributed by atoms with Crippen molar-refractivity contribution in [2.75, 3.05) is 13.1 Å². The molecule has 2 unspecified atom stereocenters. The monoisotopic (exact) mass is 295 g/mol. The molecule has 2 heterocycles. The van der Waals surface area contributed by atoms with Crippen LogP contribution >= 0.6 is 11.3 Å². The van der Waals surface area contributed by atoms with Crippen molar-refractivity contribution in [3.8, 4) is 0 Å². The molecule has 1 saturated heterocycles. The maximum atomic E-state index is 4.55. The second-order valence-corrected chi connectivity index (χ2v) is 8.75. The Morgan fingerprint density at radius 2 is 2.15 bits per heavy atom. The van der Waals surface area contributed by atoms with Crippen LogP contribution in [0.1, 0.15) is 44.5 Å². The van der Waals surface area contributed by atoms with Gasteiger partial charge in [0.25, 0.3) is 0 Å². The minimum atomic E-state index is 0.305. The molecule has 2 atom stereocenters. The molecule has 0 radical (unpaired) electrons. The van der Waals surface area contributed by atoms with Crippen LogP contribution in [0.2, 0.25) is 0 Å². The average Bonchev–Trinajstić information content (AvgIpc) is 2.73. The molecule has 1 aromatic heterocycles. The van der Waals surface area contributed by atoms with E-state index in [0.717, 1.165) is 19.6 Å². The van der Waals surface area contributed by atoms with Crippen molar-refractivity contribution in [2.24, 2.45) is 11.3 Å². The zero-order valence-corrected chi connectivity index (χ0v) is 14.5. The van der Waals surface area contributed by atoms with Crippen LogP contribution in [-0.4, -0.2) is 35.1 Å². The van der Waals surface area contributed by atoms with E-state index in [-0.39, 0.29) is 0 Å². The number of nitrogens with one attached hydrogen (secondary N) is 1. The van der Waals surface area contributed by atoms with Crippen molar-refractivity contribution in [3.05, 3.63) is 16.1 Å². The highest BCUT2D eigenvalue weighted by molar-refractivity contribution is 7.11. The maximum absolute atomic E-state index is 4.55. The van der Waals surface area contributed by atoms with Gasteiger partial charge in [-0.25, -0.2) is 4.98 Å². The quantitative estimate of drug-likeness (QED) is 0.927. The van der Waals surface area contributed by atoms with Gasteiger partial charge in [-0.05, 0) is 18.3 Å². The Hall–Kier alpha value is -0.450. The Balaban J connectivity index is 2.10. The van der Waals surface area contributed by atoms with Gasteiger partial charge >= 0.3 is 0 Å². The molecular formula is C16H29N3S. The van der Waals surface area contributed by atoms with Crippen LogP contribution in [-0.2, 0) is 6.54 Å². The van der Waals surface area contributed by atoms with Gasteiger partial charge in [-0.3, -0.25) is 4.90 Å². The SMILES string of the molecule is Cc1cnc(CN2CC(C(C)(C)C)NCC2C(C)C)s1. The molecular weight excluding hydrogens is 266 g/mol. The summed E-state index contributed by atoms with van der Waals surface area (Å²) >= 11 is 1.83. The molecule has 0 aromatic carbocycles. The number of nitrogens with zero attached hydrogens (tertiary/aromatic N) is 2. The molecule has 20 heavy (non-hydrogen) atoms. The Morgan fingerprint density at radius 1 is 1.45 bits per heavy atom. The first-order valence-electron chi connectivity index (χ1n) is 7.66. The Bertz CT molecular complexity index is 433. The molecule has 0 spiro atoms. The first-order valence-corrected chi connectivity index (χ1v) is 8.47. The molecule has 114 valence electrons. The minimum absolute atomic E-state index is 0.305. The topological polar surface area (TPSA) is 28.2 Å². The molecule has 1 aliphatic heterocycles. The fraction of sp³-hybridized carbons (Fsp3) is 0.812. The van der Waals surface area contributed by atoms with E-state index in [9.17, 15) is 0 Å². The largest absolute Gasteiger partial charge is 0.311 e. The summed E-state index contributed by atoms with van der Waals surface area (Å²) in [6, 6.07) is 1.16. The van der Waals surface area contributed by atoms with Gasteiger partial charge in [0.2, 0.25) is 0 Å². The summed E-state index contributed by atoms with van der Waals surface area (Å²) in [6.45, 7) is 17.0. The van der Waals surface area contributed by atoms with E-state index in [4.69, 9.17) is 0 Å². The molecule has 1 N–H and O–H groups in total. The third-order valence-electron chi connectivity index (χ3n) is 4.28. The number of rotatable bonds is 3. The highest BCUT2D eigenvalue weighted by Crippen LogP contribution is 2.27. The second-order valence-electron chi connectivity index (χ2n) is 7.43. The molecule has 0 saturated carbocycles. The molecule has 4 heteroatoms. The lowest BCUT2D eigenvalue weighted by Gasteiger charge is -2.46. The van der Waals surface area contributed by atoms with Gasteiger partial charge in [-0.2, -0.15) is 0 Å².